The van der Waals surface area contributed by atoms with Gasteiger partial charge in [0, 0.05) is 33.2 Å². The maximum absolute atomic E-state index is 13.0. The highest BCUT2D eigenvalue weighted by Crippen LogP contribution is 2.27. The highest BCUT2D eigenvalue weighted by molar-refractivity contribution is 9.10. The molecule has 0 radical (unpaired) electrons. The minimum atomic E-state index is -0.319. The van der Waals surface area contributed by atoms with Gasteiger partial charge in [0.15, 0.2) is 0 Å². The summed E-state index contributed by atoms with van der Waals surface area (Å²) in [6.07, 6.45) is 1.72. The molecule has 174 valence electrons. The number of carbonyl (C=O) groups is 1. The highest BCUT2D eigenvalue weighted by Gasteiger charge is 2.15. The molecule has 6 heteroatoms. The van der Waals surface area contributed by atoms with Gasteiger partial charge in [-0.3, -0.25) is 4.79 Å². The van der Waals surface area contributed by atoms with Crippen LogP contribution in [0.5, 0.6) is 5.75 Å². The number of amides is 1. The van der Waals surface area contributed by atoms with Crippen molar-refractivity contribution in [2.24, 2.45) is 5.10 Å². The Bertz CT molecular complexity index is 1570. The lowest BCUT2D eigenvalue weighted by atomic mass is 10.1. The Morgan fingerprint density at radius 1 is 1.00 bits per heavy atom. The van der Waals surface area contributed by atoms with Gasteiger partial charge in [0.1, 0.15) is 5.75 Å². The van der Waals surface area contributed by atoms with Gasteiger partial charge in [0.25, 0.3) is 5.91 Å². The van der Waals surface area contributed by atoms with Crippen LogP contribution in [0, 0.1) is 6.92 Å². The molecule has 0 spiro atoms. The number of nitrogens with zero attached hydrogens (tertiary/aromatic N) is 2. The van der Waals surface area contributed by atoms with Crippen LogP contribution in [-0.4, -0.2) is 23.8 Å². The lowest BCUT2D eigenvalue weighted by molar-refractivity contribution is 0.0952. The Kier molecular flexibility index (Phi) is 6.38. The van der Waals surface area contributed by atoms with E-state index >= 15 is 0 Å². The van der Waals surface area contributed by atoms with E-state index in [1.165, 1.54) is 5.56 Å². The van der Waals surface area contributed by atoms with E-state index in [-0.39, 0.29) is 5.91 Å². The third-order valence-corrected chi connectivity index (χ3v) is 6.73. The van der Waals surface area contributed by atoms with Gasteiger partial charge < -0.3 is 9.30 Å². The van der Waals surface area contributed by atoms with Gasteiger partial charge in [-0.1, -0.05) is 70.5 Å². The van der Waals surface area contributed by atoms with E-state index in [9.17, 15) is 4.79 Å². The average molecular weight is 526 g/mol. The summed E-state index contributed by atoms with van der Waals surface area (Å²) in [5, 5.41) is 7.38. The minimum absolute atomic E-state index is 0.319. The van der Waals surface area contributed by atoms with Crippen molar-refractivity contribution in [3.05, 3.63) is 112 Å². The van der Waals surface area contributed by atoms with Crippen LogP contribution >= 0.6 is 15.9 Å². The molecule has 0 aliphatic heterocycles. The number of rotatable bonds is 6. The fourth-order valence-corrected chi connectivity index (χ4v) is 4.64. The number of para-hydroxylation sites is 1. The molecule has 4 aromatic carbocycles. The first kappa shape index (κ1) is 22.9. The maximum Gasteiger partial charge on any atom is 0.275 e. The Balaban J connectivity index is 1.44. The van der Waals surface area contributed by atoms with Crippen LogP contribution in [-0.2, 0) is 6.54 Å². The second kappa shape index (κ2) is 9.76. The molecule has 1 heterocycles. The molecule has 0 fully saturated rings. The lowest BCUT2D eigenvalue weighted by Gasteiger charge is -2.09. The molecule has 5 nitrogen and oxygen atoms in total. The number of ether oxygens (including phenoxy) is 1. The number of halogens is 1. The van der Waals surface area contributed by atoms with Crippen molar-refractivity contribution in [1.29, 1.82) is 0 Å². The summed E-state index contributed by atoms with van der Waals surface area (Å²) in [7, 11) is 1.56. The largest absolute Gasteiger partial charge is 0.496 e. The summed E-state index contributed by atoms with van der Waals surface area (Å²) in [5.41, 5.74) is 7.50. The van der Waals surface area contributed by atoms with Crippen molar-refractivity contribution in [1.82, 2.24) is 9.99 Å². The zero-order valence-electron chi connectivity index (χ0n) is 19.5. The summed E-state index contributed by atoms with van der Waals surface area (Å²) in [5.74, 6) is 0.193. The molecule has 1 amide bonds. The second-order valence-electron chi connectivity index (χ2n) is 8.33. The molecule has 0 aliphatic rings. The van der Waals surface area contributed by atoms with Crippen LogP contribution in [0.2, 0.25) is 0 Å². The third kappa shape index (κ3) is 4.57. The van der Waals surface area contributed by atoms with Gasteiger partial charge in [0.05, 0.1) is 18.9 Å². The van der Waals surface area contributed by atoms with Gasteiger partial charge >= 0.3 is 0 Å². The highest BCUT2D eigenvalue weighted by atomic mass is 79.9. The van der Waals surface area contributed by atoms with Gasteiger partial charge in [-0.25, -0.2) is 5.43 Å². The zero-order valence-corrected chi connectivity index (χ0v) is 21.0. The van der Waals surface area contributed by atoms with Crippen molar-refractivity contribution >= 4 is 49.7 Å². The molecule has 35 heavy (non-hydrogen) atoms. The van der Waals surface area contributed by atoms with E-state index < -0.39 is 0 Å². The number of carbonyl (C=O) groups excluding carboxylic acids is 1. The first-order valence-electron chi connectivity index (χ1n) is 11.3. The molecule has 0 unspecified atom stereocenters. The predicted molar refractivity (Wildman–Crippen MR) is 145 cm³/mol. The number of methoxy groups -OCH3 is 1. The summed E-state index contributed by atoms with van der Waals surface area (Å²) in [4.78, 5) is 13.0. The second-order valence-corrected chi connectivity index (χ2v) is 9.24. The number of fused-ring (bicyclic) bond motifs is 2. The zero-order chi connectivity index (χ0) is 24.4. The number of nitrogens with one attached hydrogen (secondary N) is 1. The van der Waals surface area contributed by atoms with Crippen LogP contribution in [0.15, 0.2) is 94.5 Å². The maximum atomic E-state index is 13.0. The average Bonchev–Trinajstić information content (AvgIpc) is 3.15. The van der Waals surface area contributed by atoms with Gasteiger partial charge in [0.2, 0.25) is 0 Å². The van der Waals surface area contributed by atoms with Gasteiger partial charge in [-0.05, 0) is 53.6 Å². The van der Waals surface area contributed by atoms with Crippen LogP contribution in [0.25, 0.3) is 21.7 Å². The minimum Gasteiger partial charge on any atom is -0.496 e. The van der Waals surface area contributed by atoms with E-state index in [0.29, 0.717) is 11.3 Å². The number of hydrogen-bond acceptors (Lipinski definition) is 3. The Morgan fingerprint density at radius 2 is 1.69 bits per heavy atom. The molecule has 0 bridgehead atoms. The molecule has 0 saturated heterocycles. The quantitative estimate of drug-likeness (QED) is 0.198. The molecular weight excluding hydrogens is 502 g/mol. The number of hydrazone groups is 1. The monoisotopic (exact) mass is 525 g/mol. The summed E-state index contributed by atoms with van der Waals surface area (Å²) in [6.45, 7) is 2.82. The molecule has 1 N–H and O–H groups in total. The number of aromatic nitrogens is 1. The molecule has 0 saturated carbocycles. The summed E-state index contributed by atoms with van der Waals surface area (Å²) < 4.78 is 8.79. The standard InChI is InChI=1S/C29H24BrN3O2/c1-19-26(24-9-5-6-10-27(24)33(19)18-20-11-13-23(30)14-12-20)17-31-32-29(34)25-15-21-7-3-4-8-22(21)16-28(25)35-2/h3-17H,18H2,1-2H3,(H,32,34)/b31-17-. The first-order chi connectivity index (χ1) is 17.0. The van der Waals surface area contributed by atoms with Crippen molar-refractivity contribution < 1.29 is 9.53 Å². The Labute approximate surface area is 212 Å². The molecular formula is C29H24BrN3O2. The van der Waals surface area contributed by atoms with Crippen molar-refractivity contribution in [2.75, 3.05) is 7.11 Å². The number of benzene rings is 4. The van der Waals surface area contributed by atoms with Crippen molar-refractivity contribution in [3.63, 3.8) is 0 Å². The van der Waals surface area contributed by atoms with Crippen LogP contribution < -0.4 is 10.2 Å². The molecule has 0 aliphatic carbocycles. The van der Waals surface area contributed by atoms with Crippen LogP contribution in [0.3, 0.4) is 0 Å². The third-order valence-electron chi connectivity index (χ3n) is 6.21. The Hall–Kier alpha value is -3.90. The summed E-state index contributed by atoms with van der Waals surface area (Å²) in [6, 6.07) is 28.1. The fourth-order valence-electron chi connectivity index (χ4n) is 4.38. The molecule has 5 rings (SSSR count). The molecule has 5 aromatic rings. The van der Waals surface area contributed by atoms with Gasteiger partial charge in [-0.2, -0.15) is 5.10 Å². The number of hydrogen-bond donors (Lipinski definition) is 1. The van der Waals surface area contributed by atoms with E-state index in [1.807, 2.05) is 48.5 Å². The molecule has 0 atom stereocenters. The molecule has 1 aromatic heterocycles. The fraction of sp³-hybridized carbons (Fsp3) is 0.103. The topological polar surface area (TPSA) is 55.6 Å². The SMILES string of the molecule is COc1cc2ccccc2cc1C(=O)N/N=C\c1c(C)n(Cc2ccc(Br)cc2)c2ccccc12. The van der Waals surface area contributed by atoms with E-state index in [4.69, 9.17) is 4.74 Å². The first-order valence-corrected chi connectivity index (χ1v) is 12.1. The predicted octanol–water partition coefficient (Wildman–Crippen LogP) is 6.69. The van der Waals surface area contributed by atoms with Crippen molar-refractivity contribution in [2.45, 2.75) is 13.5 Å². The van der Waals surface area contributed by atoms with E-state index in [2.05, 4.69) is 74.3 Å². The normalized spacial score (nSPS) is 11.4. The van der Waals surface area contributed by atoms with E-state index in [1.54, 1.807) is 13.3 Å². The summed E-state index contributed by atoms with van der Waals surface area (Å²) >= 11 is 3.50. The Morgan fingerprint density at radius 3 is 2.43 bits per heavy atom. The smallest absolute Gasteiger partial charge is 0.275 e. The lowest BCUT2D eigenvalue weighted by Crippen LogP contribution is -2.18. The van der Waals surface area contributed by atoms with Crippen LogP contribution in [0.4, 0.5) is 0 Å². The van der Waals surface area contributed by atoms with Crippen molar-refractivity contribution in [3.8, 4) is 5.75 Å². The van der Waals surface area contributed by atoms with Crippen LogP contribution in [0.1, 0.15) is 27.2 Å². The van der Waals surface area contributed by atoms with Gasteiger partial charge in [-0.15, -0.1) is 0 Å². The van der Waals surface area contributed by atoms with E-state index in [0.717, 1.165) is 44.0 Å².